The number of hydrogen-bond donors (Lipinski definition) is 1. The summed E-state index contributed by atoms with van der Waals surface area (Å²) >= 11 is 0. The first-order valence-corrected chi connectivity index (χ1v) is 6.61. The fraction of sp³-hybridized carbons (Fsp3) is 0.923. The number of nitrogens with zero attached hydrogens (tertiary/aromatic N) is 2. The Morgan fingerprint density at radius 2 is 1.83 bits per heavy atom. The van der Waals surface area contributed by atoms with E-state index in [0.29, 0.717) is 13.2 Å². The lowest BCUT2D eigenvalue weighted by Crippen LogP contribution is -2.50. The van der Waals surface area contributed by atoms with E-state index in [1.807, 2.05) is 4.90 Å². The minimum absolute atomic E-state index is 0.0721. The number of β-amino-alcohol motifs (C(OH)–C–C–N with tert-alkyl or cyclic N) is 1. The lowest BCUT2D eigenvalue weighted by Gasteiger charge is -2.34. The number of hydrogen-bond acceptors (Lipinski definition) is 4. The average molecular weight is 258 g/mol. The smallest absolute Gasteiger partial charge is 0.248 e. The van der Waals surface area contributed by atoms with Crippen LogP contribution in [0, 0.1) is 5.41 Å². The second-order valence-electron chi connectivity index (χ2n) is 6.00. The number of rotatable bonds is 5. The maximum Gasteiger partial charge on any atom is 0.248 e. The molecule has 1 fully saturated rings. The predicted octanol–water partition coefficient (Wildman–Crippen LogP) is 0.186. The van der Waals surface area contributed by atoms with Crippen molar-refractivity contribution in [3.05, 3.63) is 0 Å². The number of aliphatic hydroxyl groups excluding tert-OH is 1. The lowest BCUT2D eigenvalue weighted by atomic mass is 9.99. The molecule has 5 nitrogen and oxygen atoms in total. The Morgan fingerprint density at radius 1 is 1.22 bits per heavy atom. The summed E-state index contributed by atoms with van der Waals surface area (Å²) in [7, 11) is 0. The molecule has 0 bridgehead atoms. The highest BCUT2D eigenvalue weighted by atomic mass is 16.5. The zero-order valence-electron chi connectivity index (χ0n) is 11.8. The molecule has 18 heavy (non-hydrogen) atoms. The Kier molecular flexibility index (Phi) is 6.05. The Hall–Kier alpha value is -0.650. The minimum atomic E-state index is 0.0721. The van der Waals surface area contributed by atoms with Gasteiger partial charge in [-0.1, -0.05) is 20.8 Å². The van der Waals surface area contributed by atoms with Crippen molar-refractivity contribution in [3.63, 3.8) is 0 Å². The quantitative estimate of drug-likeness (QED) is 0.764. The second-order valence-corrected chi connectivity index (χ2v) is 6.00. The van der Waals surface area contributed by atoms with Crippen LogP contribution in [0.15, 0.2) is 0 Å². The fourth-order valence-corrected chi connectivity index (χ4v) is 1.90. The molecule has 0 spiro atoms. The van der Waals surface area contributed by atoms with Crippen molar-refractivity contribution in [2.24, 2.45) is 5.41 Å². The van der Waals surface area contributed by atoms with E-state index in [-0.39, 0.29) is 24.5 Å². The number of carbonyl (C=O) groups is 1. The normalized spacial score (nSPS) is 18.1. The van der Waals surface area contributed by atoms with Crippen molar-refractivity contribution in [1.82, 2.24) is 9.80 Å². The predicted molar refractivity (Wildman–Crippen MR) is 70.4 cm³/mol. The number of carbonyl (C=O) groups excluding carboxylic acids is 1. The molecule has 106 valence electrons. The van der Waals surface area contributed by atoms with Gasteiger partial charge in [-0.05, 0) is 5.41 Å². The van der Waals surface area contributed by atoms with Gasteiger partial charge in [0.1, 0.15) is 6.61 Å². The summed E-state index contributed by atoms with van der Waals surface area (Å²) in [6, 6.07) is 0. The summed E-state index contributed by atoms with van der Waals surface area (Å²) in [4.78, 5) is 15.9. The first kappa shape index (κ1) is 15.4. The van der Waals surface area contributed by atoms with Crippen LogP contribution in [0.5, 0.6) is 0 Å². The molecular weight excluding hydrogens is 232 g/mol. The van der Waals surface area contributed by atoms with E-state index in [1.54, 1.807) is 0 Å². The van der Waals surface area contributed by atoms with E-state index >= 15 is 0 Å². The van der Waals surface area contributed by atoms with Gasteiger partial charge in [-0.2, -0.15) is 0 Å². The molecule has 0 aromatic rings. The van der Waals surface area contributed by atoms with Crippen LogP contribution in [-0.2, 0) is 9.53 Å². The third kappa shape index (κ3) is 5.80. The van der Waals surface area contributed by atoms with Crippen LogP contribution >= 0.6 is 0 Å². The highest BCUT2D eigenvalue weighted by Crippen LogP contribution is 2.12. The van der Waals surface area contributed by atoms with Gasteiger partial charge in [0.2, 0.25) is 5.91 Å². The van der Waals surface area contributed by atoms with Gasteiger partial charge in [-0.25, -0.2) is 0 Å². The second kappa shape index (κ2) is 7.07. The first-order chi connectivity index (χ1) is 8.42. The van der Waals surface area contributed by atoms with Crippen molar-refractivity contribution in [2.75, 3.05) is 52.5 Å². The lowest BCUT2D eigenvalue weighted by molar-refractivity contribution is -0.138. The van der Waals surface area contributed by atoms with Crippen LogP contribution in [0.25, 0.3) is 0 Å². The van der Waals surface area contributed by atoms with Crippen molar-refractivity contribution in [3.8, 4) is 0 Å². The highest BCUT2D eigenvalue weighted by molar-refractivity contribution is 5.77. The van der Waals surface area contributed by atoms with E-state index < -0.39 is 0 Å². The van der Waals surface area contributed by atoms with Crippen molar-refractivity contribution >= 4 is 5.91 Å². The van der Waals surface area contributed by atoms with Gasteiger partial charge < -0.3 is 14.7 Å². The molecular formula is C13H26N2O3. The molecule has 1 rings (SSSR count). The zero-order chi connectivity index (χ0) is 13.6. The van der Waals surface area contributed by atoms with Crippen LogP contribution in [0.2, 0.25) is 0 Å². The molecule has 5 heteroatoms. The third-order valence-electron chi connectivity index (χ3n) is 2.90. The summed E-state index contributed by atoms with van der Waals surface area (Å²) < 4.78 is 5.44. The maximum absolute atomic E-state index is 11.9. The Balaban J connectivity index is 2.20. The number of amides is 1. The summed E-state index contributed by atoms with van der Waals surface area (Å²) in [6.45, 7) is 11.1. The summed E-state index contributed by atoms with van der Waals surface area (Å²) in [5.74, 6) is 0.0721. The molecule has 1 saturated heterocycles. The van der Waals surface area contributed by atoms with Crippen LogP contribution in [0.4, 0.5) is 0 Å². The standard InChI is InChI=1S/C13H26N2O3/c1-13(2,3)11-18-10-12(17)15-6-4-14(5-7-15)8-9-16/h16H,4-11H2,1-3H3. The number of aliphatic hydroxyl groups is 1. The summed E-state index contributed by atoms with van der Waals surface area (Å²) in [6.07, 6.45) is 0. The molecule has 1 amide bonds. The van der Waals surface area contributed by atoms with Crippen molar-refractivity contribution in [2.45, 2.75) is 20.8 Å². The minimum Gasteiger partial charge on any atom is -0.395 e. The SMILES string of the molecule is CC(C)(C)COCC(=O)N1CCN(CCO)CC1. The molecule has 1 aliphatic rings. The van der Waals surface area contributed by atoms with Crippen molar-refractivity contribution in [1.29, 1.82) is 0 Å². The van der Waals surface area contributed by atoms with E-state index in [9.17, 15) is 4.79 Å². The van der Waals surface area contributed by atoms with Crippen LogP contribution in [-0.4, -0.2) is 73.4 Å². The third-order valence-corrected chi connectivity index (χ3v) is 2.90. The van der Waals surface area contributed by atoms with Crippen LogP contribution < -0.4 is 0 Å². The van der Waals surface area contributed by atoms with E-state index in [4.69, 9.17) is 9.84 Å². The van der Waals surface area contributed by atoms with Gasteiger partial charge in [0.05, 0.1) is 13.2 Å². The van der Waals surface area contributed by atoms with Gasteiger partial charge in [0.25, 0.3) is 0 Å². The number of piperazine rings is 1. The van der Waals surface area contributed by atoms with E-state index in [1.165, 1.54) is 0 Å². The van der Waals surface area contributed by atoms with Gasteiger partial charge in [0.15, 0.2) is 0 Å². The van der Waals surface area contributed by atoms with Gasteiger partial charge in [0, 0.05) is 32.7 Å². The zero-order valence-corrected chi connectivity index (χ0v) is 11.8. The fourth-order valence-electron chi connectivity index (χ4n) is 1.90. The van der Waals surface area contributed by atoms with E-state index in [0.717, 1.165) is 26.2 Å². The monoisotopic (exact) mass is 258 g/mol. The van der Waals surface area contributed by atoms with Gasteiger partial charge in [-0.3, -0.25) is 9.69 Å². The first-order valence-electron chi connectivity index (χ1n) is 6.61. The molecule has 1 aliphatic heterocycles. The van der Waals surface area contributed by atoms with Crippen LogP contribution in [0.1, 0.15) is 20.8 Å². The molecule has 0 atom stereocenters. The summed E-state index contributed by atoms with van der Waals surface area (Å²) in [5, 5.41) is 8.84. The molecule has 0 aromatic heterocycles. The van der Waals surface area contributed by atoms with Gasteiger partial charge >= 0.3 is 0 Å². The van der Waals surface area contributed by atoms with Crippen LogP contribution in [0.3, 0.4) is 0 Å². The Bertz CT molecular complexity index is 255. The Labute approximate surface area is 110 Å². The molecule has 0 saturated carbocycles. The molecule has 0 radical (unpaired) electrons. The number of ether oxygens (including phenoxy) is 1. The molecule has 0 aromatic carbocycles. The highest BCUT2D eigenvalue weighted by Gasteiger charge is 2.21. The largest absolute Gasteiger partial charge is 0.395 e. The van der Waals surface area contributed by atoms with Crippen molar-refractivity contribution < 1.29 is 14.6 Å². The molecule has 0 aliphatic carbocycles. The molecule has 1 heterocycles. The Morgan fingerprint density at radius 3 is 2.33 bits per heavy atom. The van der Waals surface area contributed by atoms with E-state index in [2.05, 4.69) is 25.7 Å². The average Bonchev–Trinajstić information content (AvgIpc) is 2.28. The topological polar surface area (TPSA) is 53.0 Å². The molecule has 0 unspecified atom stereocenters. The summed E-state index contributed by atoms with van der Waals surface area (Å²) in [5.41, 5.74) is 0.0973. The maximum atomic E-state index is 11.9. The van der Waals surface area contributed by atoms with Gasteiger partial charge in [-0.15, -0.1) is 0 Å². The molecule has 1 N–H and O–H groups in total.